The third-order valence-electron chi connectivity index (χ3n) is 3.42. The van der Waals surface area contributed by atoms with Crippen LogP contribution in [0.3, 0.4) is 0 Å². The number of carbonyl (C=O) groups is 1. The van der Waals surface area contributed by atoms with E-state index in [0.717, 1.165) is 5.56 Å². The zero-order chi connectivity index (χ0) is 16.7. The second-order valence-corrected chi connectivity index (χ2v) is 4.97. The van der Waals surface area contributed by atoms with Crippen LogP contribution in [0.25, 0.3) is 0 Å². The highest BCUT2D eigenvalue weighted by Gasteiger charge is 2.29. The number of hydrogen-bond donors (Lipinski definition) is 1. The SMILES string of the molecule is COC(=O)C(OC)C(O)c1cccc(OCc2ccccc2)c1. The molecule has 0 aromatic heterocycles. The number of methoxy groups -OCH3 is 2. The van der Waals surface area contributed by atoms with Crippen LogP contribution in [-0.4, -0.2) is 31.4 Å². The summed E-state index contributed by atoms with van der Waals surface area (Å²) >= 11 is 0. The second kappa shape index (κ2) is 8.31. The van der Waals surface area contributed by atoms with Crippen LogP contribution in [0.1, 0.15) is 17.2 Å². The van der Waals surface area contributed by atoms with Gasteiger partial charge in [-0.3, -0.25) is 0 Å². The standard InChI is InChI=1S/C18H20O5/c1-21-17(18(20)22-2)16(19)14-9-6-10-15(11-14)23-12-13-7-4-3-5-8-13/h3-11,16-17,19H,12H2,1-2H3. The first-order chi connectivity index (χ1) is 11.2. The van der Waals surface area contributed by atoms with E-state index in [9.17, 15) is 9.90 Å². The number of aliphatic hydroxyl groups is 1. The van der Waals surface area contributed by atoms with Gasteiger partial charge in [-0.15, -0.1) is 0 Å². The highest BCUT2D eigenvalue weighted by molar-refractivity contribution is 5.75. The van der Waals surface area contributed by atoms with Gasteiger partial charge in [-0.25, -0.2) is 4.79 Å². The number of rotatable bonds is 7. The Hall–Kier alpha value is -2.37. The van der Waals surface area contributed by atoms with E-state index in [4.69, 9.17) is 9.47 Å². The summed E-state index contributed by atoms with van der Waals surface area (Å²) < 4.78 is 15.4. The minimum absolute atomic E-state index is 0.422. The smallest absolute Gasteiger partial charge is 0.338 e. The summed E-state index contributed by atoms with van der Waals surface area (Å²) in [7, 11) is 2.60. The molecule has 122 valence electrons. The summed E-state index contributed by atoms with van der Waals surface area (Å²) in [4.78, 5) is 11.6. The van der Waals surface area contributed by atoms with Crippen molar-refractivity contribution in [3.8, 4) is 5.75 Å². The predicted molar refractivity (Wildman–Crippen MR) is 85.0 cm³/mol. The molecule has 0 spiro atoms. The van der Waals surface area contributed by atoms with Crippen molar-refractivity contribution in [1.82, 2.24) is 0 Å². The Morgan fingerprint density at radius 3 is 2.48 bits per heavy atom. The summed E-state index contributed by atoms with van der Waals surface area (Å²) in [5.41, 5.74) is 1.57. The molecular formula is C18H20O5. The molecule has 0 aliphatic heterocycles. The number of hydrogen-bond acceptors (Lipinski definition) is 5. The van der Waals surface area contributed by atoms with Gasteiger partial charge in [0.15, 0.2) is 6.10 Å². The molecule has 0 amide bonds. The maximum atomic E-state index is 11.6. The van der Waals surface area contributed by atoms with Gasteiger partial charge in [-0.05, 0) is 23.3 Å². The Morgan fingerprint density at radius 2 is 1.83 bits per heavy atom. The molecule has 0 heterocycles. The molecule has 0 fully saturated rings. The molecule has 23 heavy (non-hydrogen) atoms. The average Bonchev–Trinajstić information content (AvgIpc) is 2.61. The summed E-state index contributed by atoms with van der Waals surface area (Å²) in [5.74, 6) is -0.0271. The predicted octanol–water partition coefficient (Wildman–Crippen LogP) is 2.49. The minimum Gasteiger partial charge on any atom is -0.489 e. The van der Waals surface area contributed by atoms with Crippen LogP contribution in [0.4, 0.5) is 0 Å². The quantitative estimate of drug-likeness (QED) is 0.795. The summed E-state index contributed by atoms with van der Waals surface area (Å²) in [5, 5.41) is 10.3. The molecule has 2 aromatic rings. The minimum atomic E-state index is -1.13. The van der Waals surface area contributed by atoms with Gasteiger partial charge >= 0.3 is 5.97 Å². The van der Waals surface area contributed by atoms with Gasteiger partial charge in [0, 0.05) is 7.11 Å². The summed E-state index contributed by atoms with van der Waals surface area (Å²) in [6.45, 7) is 0.422. The largest absolute Gasteiger partial charge is 0.489 e. The fourth-order valence-electron chi connectivity index (χ4n) is 2.17. The van der Waals surface area contributed by atoms with Gasteiger partial charge in [0.2, 0.25) is 0 Å². The van der Waals surface area contributed by atoms with Gasteiger partial charge in [0.05, 0.1) is 7.11 Å². The van der Waals surface area contributed by atoms with Crippen molar-refractivity contribution in [2.24, 2.45) is 0 Å². The van der Waals surface area contributed by atoms with E-state index in [1.54, 1.807) is 24.3 Å². The van der Waals surface area contributed by atoms with E-state index < -0.39 is 18.2 Å². The van der Waals surface area contributed by atoms with Gasteiger partial charge in [0.25, 0.3) is 0 Å². The molecule has 2 unspecified atom stereocenters. The Balaban J connectivity index is 2.08. The number of ether oxygens (including phenoxy) is 3. The van der Waals surface area contributed by atoms with E-state index in [1.807, 2.05) is 30.3 Å². The first kappa shape index (κ1) is 17.0. The monoisotopic (exact) mass is 316 g/mol. The lowest BCUT2D eigenvalue weighted by Crippen LogP contribution is -2.31. The van der Waals surface area contributed by atoms with Crippen molar-refractivity contribution in [2.45, 2.75) is 18.8 Å². The van der Waals surface area contributed by atoms with Crippen molar-refractivity contribution < 1.29 is 24.1 Å². The van der Waals surface area contributed by atoms with Crippen molar-refractivity contribution in [3.05, 3.63) is 65.7 Å². The van der Waals surface area contributed by atoms with Crippen LogP contribution < -0.4 is 4.74 Å². The number of esters is 1. The third-order valence-corrected chi connectivity index (χ3v) is 3.42. The van der Waals surface area contributed by atoms with Crippen LogP contribution in [-0.2, 0) is 20.9 Å². The fraction of sp³-hybridized carbons (Fsp3) is 0.278. The highest BCUT2D eigenvalue weighted by Crippen LogP contribution is 2.24. The highest BCUT2D eigenvalue weighted by atomic mass is 16.6. The van der Waals surface area contributed by atoms with E-state index >= 15 is 0 Å². The Bertz CT molecular complexity index is 626. The van der Waals surface area contributed by atoms with Crippen molar-refractivity contribution >= 4 is 5.97 Å². The summed E-state index contributed by atoms with van der Waals surface area (Å²) in [6, 6.07) is 16.7. The normalized spacial score (nSPS) is 13.2. The number of aliphatic hydroxyl groups excluding tert-OH is 1. The van der Waals surface area contributed by atoms with Crippen molar-refractivity contribution in [2.75, 3.05) is 14.2 Å². The van der Waals surface area contributed by atoms with E-state index in [2.05, 4.69) is 4.74 Å². The molecule has 0 aliphatic carbocycles. The lowest BCUT2D eigenvalue weighted by Gasteiger charge is -2.20. The Morgan fingerprint density at radius 1 is 1.09 bits per heavy atom. The first-order valence-corrected chi connectivity index (χ1v) is 7.21. The Labute approximate surface area is 135 Å². The molecular weight excluding hydrogens is 296 g/mol. The van der Waals surface area contributed by atoms with E-state index in [0.29, 0.717) is 17.9 Å². The lowest BCUT2D eigenvalue weighted by molar-refractivity contribution is -0.159. The number of carbonyl (C=O) groups excluding carboxylic acids is 1. The maximum absolute atomic E-state index is 11.6. The average molecular weight is 316 g/mol. The van der Waals surface area contributed by atoms with Crippen LogP contribution >= 0.6 is 0 Å². The fourth-order valence-corrected chi connectivity index (χ4v) is 2.17. The topological polar surface area (TPSA) is 65.0 Å². The van der Waals surface area contributed by atoms with Gasteiger partial charge in [0.1, 0.15) is 18.5 Å². The van der Waals surface area contributed by atoms with Crippen LogP contribution in [0, 0.1) is 0 Å². The molecule has 0 aliphatic rings. The van der Waals surface area contributed by atoms with Gasteiger partial charge in [-0.2, -0.15) is 0 Å². The van der Waals surface area contributed by atoms with Crippen molar-refractivity contribution in [1.29, 1.82) is 0 Å². The molecule has 0 radical (unpaired) electrons. The van der Waals surface area contributed by atoms with E-state index in [-0.39, 0.29) is 0 Å². The summed E-state index contributed by atoms with van der Waals surface area (Å²) in [6.07, 6.45) is -2.21. The van der Waals surface area contributed by atoms with E-state index in [1.165, 1.54) is 14.2 Å². The van der Waals surface area contributed by atoms with Gasteiger partial charge < -0.3 is 19.3 Å². The zero-order valence-electron chi connectivity index (χ0n) is 13.1. The maximum Gasteiger partial charge on any atom is 0.338 e. The molecule has 2 aromatic carbocycles. The second-order valence-electron chi connectivity index (χ2n) is 4.97. The molecule has 2 atom stereocenters. The zero-order valence-corrected chi connectivity index (χ0v) is 13.1. The molecule has 0 saturated carbocycles. The molecule has 2 rings (SSSR count). The van der Waals surface area contributed by atoms with Crippen molar-refractivity contribution in [3.63, 3.8) is 0 Å². The molecule has 1 N–H and O–H groups in total. The first-order valence-electron chi connectivity index (χ1n) is 7.21. The third kappa shape index (κ3) is 4.55. The van der Waals surface area contributed by atoms with Crippen LogP contribution in [0.15, 0.2) is 54.6 Å². The Kier molecular flexibility index (Phi) is 6.14. The molecule has 0 saturated heterocycles. The number of benzene rings is 2. The molecule has 0 bridgehead atoms. The van der Waals surface area contributed by atoms with Gasteiger partial charge in [-0.1, -0.05) is 42.5 Å². The van der Waals surface area contributed by atoms with Crippen LogP contribution in [0.5, 0.6) is 5.75 Å². The lowest BCUT2D eigenvalue weighted by atomic mass is 10.0. The van der Waals surface area contributed by atoms with Crippen LogP contribution in [0.2, 0.25) is 0 Å². The molecule has 5 nitrogen and oxygen atoms in total. The molecule has 5 heteroatoms.